The minimum atomic E-state index is -0.0651. The van der Waals surface area contributed by atoms with Crippen molar-refractivity contribution in [3.05, 3.63) is 51.7 Å². The minimum Gasteiger partial charge on any atom is -0.492 e. The number of hydrogen-bond donors (Lipinski definition) is 1. The number of ether oxygens (including phenoxy) is 1. The van der Waals surface area contributed by atoms with E-state index in [4.69, 9.17) is 16.3 Å². The first-order chi connectivity index (χ1) is 8.75. The highest BCUT2D eigenvalue weighted by Gasteiger charge is 2.04. The topological polar surface area (TPSA) is 38.3 Å². The first-order valence-corrected chi connectivity index (χ1v) is 6.71. The predicted molar refractivity (Wildman–Crippen MR) is 73.6 cm³/mol. The summed E-state index contributed by atoms with van der Waals surface area (Å²) in [6.45, 7) is 0.901. The monoisotopic (exact) mass is 281 g/mol. The fraction of sp³-hybridized carbons (Fsp3) is 0.154. The van der Waals surface area contributed by atoms with E-state index >= 15 is 0 Å². The number of thiophene rings is 1. The van der Waals surface area contributed by atoms with Crippen LogP contribution in [0.3, 0.4) is 0 Å². The van der Waals surface area contributed by atoms with Gasteiger partial charge < -0.3 is 10.1 Å². The third-order valence-corrected chi connectivity index (χ3v) is 3.34. The van der Waals surface area contributed by atoms with Gasteiger partial charge in [0.15, 0.2) is 0 Å². The molecule has 1 aromatic carbocycles. The highest BCUT2D eigenvalue weighted by atomic mass is 35.5. The molecule has 0 aliphatic carbocycles. The fourth-order valence-corrected chi connectivity index (χ4v) is 2.13. The molecule has 0 unspecified atom stereocenters. The van der Waals surface area contributed by atoms with Crippen LogP contribution < -0.4 is 10.1 Å². The van der Waals surface area contributed by atoms with E-state index in [1.807, 2.05) is 11.4 Å². The summed E-state index contributed by atoms with van der Waals surface area (Å²) in [5.41, 5.74) is 0. The van der Waals surface area contributed by atoms with Crippen LogP contribution >= 0.6 is 22.9 Å². The van der Waals surface area contributed by atoms with Crippen LogP contribution in [0.5, 0.6) is 5.75 Å². The molecule has 1 N–H and O–H groups in total. The van der Waals surface area contributed by atoms with Gasteiger partial charge in [0.25, 0.3) is 5.91 Å². The van der Waals surface area contributed by atoms with Crippen molar-refractivity contribution in [2.45, 2.75) is 0 Å². The largest absolute Gasteiger partial charge is 0.492 e. The first-order valence-electron chi connectivity index (χ1n) is 5.46. The molecule has 1 heterocycles. The second-order valence-corrected chi connectivity index (χ2v) is 4.92. The Kier molecular flexibility index (Phi) is 4.61. The van der Waals surface area contributed by atoms with E-state index in [1.54, 1.807) is 30.3 Å². The van der Waals surface area contributed by atoms with Gasteiger partial charge in [0, 0.05) is 5.02 Å². The maximum Gasteiger partial charge on any atom is 0.261 e. The molecule has 94 valence electrons. The van der Waals surface area contributed by atoms with Crippen molar-refractivity contribution in [1.29, 1.82) is 0 Å². The van der Waals surface area contributed by atoms with Crippen LogP contribution in [0.25, 0.3) is 0 Å². The zero-order valence-corrected chi connectivity index (χ0v) is 11.1. The van der Waals surface area contributed by atoms with Crippen LogP contribution in [-0.4, -0.2) is 19.1 Å². The van der Waals surface area contributed by atoms with Gasteiger partial charge in [-0.2, -0.15) is 0 Å². The summed E-state index contributed by atoms with van der Waals surface area (Å²) >= 11 is 7.18. The van der Waals surface area contributed by atoms with Crippen LogP contribution in [0.2, 0.25) is 5.02 Å². The van der Waals surface area contributed by atoms with E-state index < -0.39 is 0 Å². The number of carbonyl (C=O) groups excluding carboxylic acids is 1. The number of hydrogen-bond acceptors (Lipinski definition) is 3. The van der Waals surface area contributed by atoms with Crippen molar-refractivity contribution in [3.63, 3.8) is 0 Å². The van der Waals surface area contributed by atoms with Crippen molar-refractivity contribution in [2.24, 2.45) is 0 Å². The first kappa shape index (κ1) is 12.9. The number of carbonyl (C=O) groups is 1. The quantitative estimate of drug-likeness (QED) is 0.855. The number of amides is 1. The highest BCUT2D eigenvalue weighted by molar-refractivity contribution is 7.12. The van der Waals surface area contributed by atoms with E-state index in [0.717, 1.165) is 5.75 Å². The Balaban J connectivity index is 1.70. The SMILES string of the molecule is O=C(NCCOc1ccc(Cl)cc1)c1cccs1. The summed E-state index contributed by atoms with van der Waals surface area (Å²) in [5, 5.41) is 5.34. The normalized spacial score (nSPS) is 10.1. The average molecular weight is 282 g/mol. The van der Waals surface area contributed by atoms with Crippen LogP contribution in [0.15, 0.2) is 41.8 Å². The smallest absolute Gasteiger partial charge is 0.261 e. The third kappa shape index (κ3) is 3.75. The maximum atomic E-state index is 11.6. The predicted octanol–water partition coefficient (Wildman–Crippen LogP) is 3.21. The van der Waals surface area contributed by atoms with Gasteiger partial charge in [-0.25, -0.2) is 0 Å². The standard InChI is InChI=1S/C13H12ClNO2S/c14-10-3-5-11(6-4-10)17-8-7-15-13(16)12-2-1-9-18-12/h1-6,9H,7-8H2,(H,15,16). The molecular weight excluding hydrogens is 270 g/mol. The number of rotatable bonds is 5. The lowest BCUT2D eigenvalue weighted by Crippen LogP contribution is -2.27. The average Bonchev–Trinajstić information content (AvgIpc) is 2.90. The lowest BCUT2D eigenvalue weighted by molar-refractivity contribution is 0.0951. The zero-order valence-electron chi connectivity index (χ0n) is 9.56. The van der Waals surface area contributed by atoms with Gasteiger partial charge in [-0.05, 0) is 35.7 Å². The molecule has 1 amide bonds. The van der Waals surface area contributed by atoms with E-state index in [2.05, 4.69) is 5.32 Å². The Hall–Kier alpha value is -1.52. The van der Waals surface area contributed by atoms with Crippen LogP contribution in [0, 0.1) is 0 Å². The molecule has 1 aromatic heterocycles. The Bertz CT molecular complexity index is 496. The lowest BCUT2D eigenvalue weighted by Gasteiger charge is -2.07. The second kappa shape index (κ2) is 6.42. The summed E-state index contributed by atoms with van der Waals surface area (Å²) in [7, 11) is 0. The molecule has 3 nitrogen and oxygen atoms in total. The molecule has 0 bridgehead atoms. The summed E-state index contributed by atoms with van der Waals surface area (Å²) in [6.07, 6.45) is 0. The number of benzene rings is 1. The Morgan fingerprint density at radius 2 is 2.06 bits per heavy atom. The molecular formula is C13H12ClNO2S. The van der Waals surface area contributed by atoms with Crippen LogP contribution in [0.1, 0.15) is 9.67 Å². The molecule has 2 rings (SSSR count). The maximum absolute atomic E-state index is 11.6. The molecule has 0 saturated heterocycles. The summed E-state index contributed by atoms with van der Waals surface area (Å²) in [6, 6.07) is 10.8. The zero-order chi connectivity index (χ0) is 12.8. The van der Waals surface area contributed by atoms with Crippen molar-refractivity contribution < 1.29 is 9.53 Å². The van der Waals surface area contributed by atoms with Crippen LogP contribution in [0.4, 0.5) is 0 Å². The van der Waals surface area contributed by atoms with Crippen LogP contribution in [-0.2, 0) is 0 Å². The molecule has 0 aliphatic heterocycles. The molecule has 0 fully saturated rings. The summed E-state index contributed by atoms with van der Waals surface area (Å²) < 4.78 is 5.46. The van der Waals surface area contributed by atoms with Crippen molar-refractivity contribution in [2.75, 3.05) is 13.2 Å². The van der Waals surface area contributed by atoms with Gasteiger partial charge >= 0.3 is 0 Å². The Labute approximate surface area is 114 Å². The summed E-state index contributed by atoms with van der Waals surface area (Å²) in [4.78, 5) is 12.3. The fourth-order valence-electron chi connectivity index (χ4n) is 1.36. The second-order valence-electron chi connectivity index (χ2n) is 3.54. The highest BCUT2D eigenvalue weighted by Crippen LogP contribution is 2.15. The Morgan fingerprint density at radius 1 is 1.28 bits per heavy atom. The molecule has 0 saturated carbocycles. The molecule has 0 aliphatic rings. The van der Waals surface area contributed by atoms with E-state index in [0.29, 0.717) is 23.1 Å². The van der Waals surface area contributed by atoms with Gasteiger partial charge in [-0.15, -0.1) is 11.3 Å². The van der Waals surface area contributed by atoms with E-state index in [-0.39, 0.29) is 5.91 Å². The summed E-state index contributed by atoms with van der Waals surface area (Å²) in [5.74, 6) is 0.675. The Morgan fingerprint density at radius 3 is 2.72 bits per heavy atom. The van der Waals surface area contributed by atoms with Gasteiger partial charge in [0.05, 0.1) is 11.4 Å². The van der Waals surface area contributed by atoms with E-state index in [1.165, 1.54) is 11.3 Å². The van der Waals surface area contributed by atoms with Crippen molar-refractivity contribution in [1.82, 2.24) is 5.32 Å². The molecule has 0 spiro atoms. The molecule has 2 aromatic rings. The van der Waals surface area contributed by atoms with Gasteiger partial charge in [-0.1, -0.05) is 17.7 Å². The number of nitrogens with one attached hydrogen (secondary N) is 1. The molecule has 18 heavy (non-hydrogen) atoms. The minimum absolute atomic E-state index is 0.0651. The molecule has 0 atom stereocenters. The lowest BCUT2D eigenvalue weighted by atomic mass is 10.3. The molecule has 5 heteroatoms. The molecule has 0 radical (unpaired) electrons. The van der Waals surface area contributed by atoms with Crippen molar-refractivity contribution >= 4 is 28.8 Å². The third-order valence-electron chi connectivity index (χ3n) is 2.21. The van der Waals surface area contributed by atoms with Crippen molar-refractivity contribution in [3.8, 4) is 5.75 Å². The van der Waals surface area contributed by atoms with E-state index in [9.17, 15) is 4.79 Å². The van der Waals surface area contributed by atoms with Gasteiger partial charge in [-0.3, -0.25) is 4.79 Å². The van der Waals surface area contributed by atoms with Gasteiger partial charge in [0.2, 0.25) is 0 Å². The van der Waals surface area contributed by atoms with Gasteiger partial charge in [0.1, 0.15) is 12.4 Å². The number of halogens is 1.